The number of rotatable bonds is 7. The van der Waals surface area contributed by atoms with E-state index in [4.69, 9.17) is 0 Å². The average Bonchev–Trinajstić information content (AvgIpc) is 1.76. The number of nitrogens with zero attached hydrogens (tertiary/aromatic N) is 6. The SMILES string of the molecule is Cc1cc(-c2cc(C)c(N3C(=O)c4c(-n5c6ccccc6c6ccccc65)ccc(-n5c6ccccc6c6ccccc65)c4C3=O)c(C)c2)cc(C)c1N1C(=O)c2c(-n3c4ccccc4c4ccccc43)ccc(-n3c4ccccc4c4ccccc43)c2C1=O. The van der Waals surface area contributed by atoms with Crippen LogP contribution in [0.2, 0.25) is 0 Å². The van der Waals surface area contributed by atoms with Gasteiger partial charge in [0.2, 0.25) is 0 Å². The largest absolute Gasteiger partial charge is 0.308 e. The molecule has 4 aromatic heterocycles. The molecule has 10 heteroatoms. The molecule has 0 N–H and O–H groups in total. The first kappa shape index (κ1) is 51.4. The summed E-state index contributed by atoms with van der Waals surface area (Å²) in [5.41, 5.74) is 16.8. The Morgan fingerprint density at radius 2 is 0.389 bits per heavy atom. The Balaban J connectivity index is 0.772. The van der Waals surface area contributed by atoms with Crippen molar-refractivity contribution in [2.75, 3.05) is 9.80 Å². The monoisotopic (exact) mass is 1160 g/mol. The molecule has 16 aromatic rings. The fraction of sp³-hybridized carbons (Fsp3) is 0.0500. The number of anilines is 2. The van der Waals surface area contributed by atoms with Crippen LogP contribution in [0, 0.1) is 27.7 Å². The third-order valence-corrected chi connectivity index (χ3v) is 19.0. The van der Waals surface area contributed by atoms with Gasteiger partial charge >= 0.3 is 0 Å². The number of imide groups is 2. The maximum Gasteiger partial charge on any atom is 0.268 e. The van der Waals surface area contributed by atoms with Crippen LogP contribution >= 0.6 is 0 Å². The van der Waals surface area contributed by atoms with E-state index < -0.39 is 23.6 Å². The normalized spacial score (nSPS) is 13.4. The molecule has 426 valence electrons. The summed E-state index contributed by atoms with van der Waals surface area (Å²) in [6.45, 7) is 7.81. The molecule has 0 radical (unpaired) electrons. The second kappa shape index (κ2) is 18.8. The van der Waals surface area contributed by atoms with Crippen LogP contribution in [0.1, 0.15) is 63.7 Å². The van der Waals surface area contributed by atoms with Gasteiger partial charge < -0.3 is 18.3 Å². The summed E-state index contributed by atoms with van der Waals surface area (Å²) >= 11 is 0. The van der Waals surface area contributed by atoms with Gasteiger partial charge in [0.25, 0.3) is 23.6 Å². The molecule has 0 bridgehead atoms. The Bertz CT molecular complexity index is 5040. The molecule has 10 nitrogen and oxygen atoms in total. The summed E-state index contributed by atoms with van der Waals surface area (Å²) in [6.07, 6.45) is 0. The van der Waals surface area contributed by atoms with Crippen LogP contribution in [0.25, 0.3) is 121 Å². The highest BCUT2D eigenvalue weighted by molar-refractivity contribution is 6.39. The summed E-state index contributed by atoms with van der Waals surface area (Å²) in [4.78, 5) is 66.4. The van der Waals surface area contributed by atoms with Crippen molar-refractivity contribution in [3.05, 3.63) is 287 Å². The first-order valence-electron chi connectivity index (χ1n) is 30.3. The highest BCUT2D eigenvalue weighted by Crippen LogP contribution is 2.47. The van der Waals surface area contributed by atoms with E-state index >= 15 is 19.2 Å². The number of amides is 4. The van der Waals surface area contributed by atoms with Crippen molar-refractivity contribution in [3.8, 4) is 33.9 Å². The molecular weight excluding hydrogens is 1110 g/mol. The molecule has 90 heavy (non-hydrogen) atoms. The van der Waals surface area contributed by atoms with Crippen molar-refractivity contribution >= 4 is 122 Å². The summed E-state index contributed by atoms with van der Waals surface area (Å²) in [5.74, 6) is -1.64. The van der Waals surface area contributed by atoms with E-state index in [9.17, 15) is 0 Å². The Morgan fingerprint density at radius 3 is 0.567 bits per heavy atom. The van der Waals surface area contributed by atoms with Gasteiger partial charge in [-0.05, 0) is 158 Å². The molecule has 0 aliphatic carbocycles. The van der Waals surface area contributed by atoms with Gasteiger partial charge in [0, 0.05) is 43.1 Å². The van der Waals surface area contributed by atoms with Crippen molar-refractivity contribution in [3.63, 3.8) is 0 Å². The molecule has 0 spiro atoms. The second-order valence-electron chi connectivity index (χ2n) is 24.0. The van der Waals surface area contributed by atoms with Gasteiger partial charge in [-0.25, -0.2) is 9.80 Å². The Morgan fingerprint density at radius 1 is 0.222 bits per heavy atom. The zero-order valence-electron chi connectivity index (χ0n) is 49.4. The third kappa shape index (κ3) is 6.87. The topological polar surface area (TPSA) is 94.5 Å². The van der Waals surface area contributed by atoms with Crippen molar-refractivity contribution in [2.45, 2.75) is 27.7 Å². The molecule has 18 rings (SSSR count). The minimum absolute atomic E-state index is 0.327. The molecule has 0 fully saturated rings. The number of carbonyl (C=O) groups is 4. The lowest BCUT2D eigenvalue weighted by molar-refractivity contribution is 0.0910. The van der Waals surface area contributed by atoms with Crippen LogP contribution in [-0.4, -0.2) is 41.9 Å². The second-order valence-corrected chi connectivity index (χ2v) is 24.0. The van der Waals surface area contributed by atoms with Gasteiger partial charge in [-0.2, -0.15) is 0 Å². The van der Waals surface area contributed by atoms with E-state index in [1.54, 1.807) is 0 Å². The van der Waals surface area contributed by atoms with Crippen molar-refractivity contribution < 1.29 is 19.2 Å². The van der Waals surface area contributed by atoms with Crippen LogP contribution in [0.3, 0.4) is 0 Å². The summed E-state index contributed by atoms with van der Waals surface area (Å²) in [6, 6.07) is 81.7. The molecular formula is C80H52N6O4. The van der Waals surface area contributed by atoms with E-state index in [-0.39, 0.29) is 0 Å². The minimum Gasteiger partial charge on any atom is -0.308 e. The Kier molecular flexibility index (Phi) is 10.7. The van der Waals surface area contributed by atoms with Gasteiger partial charge in [0.15, 0.2) is 0 Å². The first-order valence-corrected chi connectivity index (χ1v) is 30.3. The lowest BCUT2D eigenvalue weighted by atomic mass is 9.94. The van der Waals surface area contributed by atoms with E-state index in [0.29, 0.717) is 56.4 Å². The molecule has 0 atom stereocenters. The zero-order valence-corrected chi connectivity index (χ0v) is 49.4. The van der Waals surface area contributed by atoms with Gasteiger partial charge in [-0.1, -0.05) is 146 Å². The molecule has 2 aliphatic heterocycles. The third-order valence-electron chi connectivity index (χ3n) is 19.0. The van der Waals surface area contributed by atoms with E-state index in [1.807, 2.05) is 173 Å². The van der Waals surface area contributed by atoms with Gasteiger partial charge in [-0.3, -0.25) is 19.2 Å². The maximum atomic E-state index is 15.9. The lowest BCUT2D eigenvalue weighted by Crippen LogP contribution is -2.31. The molecule has 4 amide bonds. The van der Waals surface area contributed by atoms with E-state index in [0.717, 1.165) is 121 Å². The number of aromatic nitrogens is 4. The first-order chi connectivity index (χ1) is 44.0. The fourth-order valence-electron chi connectivity index (χ4n) is 15.5. The zero-order chi connectivity index (χ0) is 60.5. The Labute approximate surface area is 515 Å². The quantitative estimate of drug-likeness (QED) is 0.149. The fourth-order valence-corrected chi connectivity index (χ4v) is 15.5. The number of carbonyl (C=O) groups excluding carboxylic acids is 4. The van der Waals surface area contributed by atoms with Crippen molar-refractivity contribution in [1.82, 2.24) is 18.3 Å². The molecule has 0 saturated carbocycles. The number of benzene rings is 12. The van der Waals surface area contributed by atoms with Crippen LogP contribution in [-0.2, 0) is 0 Å². The predicted molar refractivity (Wildman–Crippen MR) is 363 cm³/mol. The maximum absolute atomic E-state index is 15.9. The van der Waals surface area contributed by atoms with Crippen LogP contribution < -0.4 is 9.80 Å². The highest BCUT2D eigenvalue weighted by atomic mass is 16.2. The van der Waals surface area contributed by atoms with E-state index in [1.165, 1.54) is 9.80 Å². The van der Waals surface area contributed by atoms with Gasteiger partial charge in [0.1, 0.15) is 0 Å². The minimum atomic E-state index is -0.409. The summed E-state index contributed by atoms with van der Waals surface area (Å²) < 4.78 is 8.51. The summed E-state index contributed by atoms with van der Waals surface area (Å²) in [7, 11) is 0. The van der Waals surface area contributed by atoms with E-state index in [2.05, 4.69) is 115 Å². The number of fused-ring (bicyclic) bond motifs is 14. The van der Waals surface area contributed by atoms with Crippen molar-refractivity contribution in [2.24, 2.45) is 0 Å². The van der Waals surface area contributed by atoms with Crippen molar-refractivity contribution in [1.29, 1.82) is 0 Å². The summed E-state index contributed by atoms with van der Waals surface area (Å²) in [5, 5.41) is 8.34. The predicted octanol–water partition coefficient (Wildman–Crippen LogP) is 18.6. The molecule has 6 heterocycles. The standard InChI is InChI=1S/C80H52N6O4/c1-45-41-49(42-46(2)75(45)85-77(87)71-67(81-59-29-13-5-21-51(59)52-22-6-14-30-60(52)81)37-38-68(72(71)78(85)88)82-61-31-15-7-23-53(61)54-24-8-16-32-62(54)82)50-43-47(3)76(48(4)44-50)86-79(89)73-69(83-63-33-17-9-25-55(63)56-26-10-18-34-64(56)83)39-40-70(74(73)80(86)90)84-65-35-19-11-27-57(65)58-28-12-20-36-66(58)84/h5-44H,1-4H3. The van der Waals surface area contributed by atoms with Gasteiger partial charge in [-0.15, -0.1) is 0 Å². The molecule has 0 saturated heterocycles. The number of para-hydroxylation sites is 8. The number of hydrogen-bond acceptors (Lipinski definition) is 4. The van der Waals surface area contributed by atoms with Gasteiger partial charge in [0.05, 0.1) is 101 Å². The van der Waals surface area contributed by atoms with Crippen LogP contribution in [0.15, 0.2) is 243 Å². The molecule has 0 unspecified atom stereocenters. The molecule has 2 aliphatic rings. The lowest BCUT2D eigenvalue weighted by Gasteiger charge is -2.23. The van der Waals surface area contributed by atoms with Crippen LogP contribution in [0.4, 0.5) is 11.4 Å². The van der Waals surface area contributed by atoms with Crippen LogP contribution in [0.5, 0.6) is 0 Å². The smallest absolute Gasteiger partial charge is 0.268 e. The molecule has 12 aromatic carbocycles. The average molecular weight is 1160 g/mol. The Hall–Kier alpha value is -11.9. The highest BCUT2D eigenvalue weighted by Gasteiger charge is 2.45. The number of hydrogen-bond donors (Lipinski definition) is 0. The number of aryl methyl sites for hydroxylation is 4.